The van der Waals surface area contributed by atoms with E-state index in [1.807, 2.05) is 0 Å². The number of aliphatic hydroxyl groups is 2. The Morgan fingerprint density at radius 3 is 2.50 bits per heavy atom. The molecule has 1 heterocycles. The van der Waals surface area contributed by atoms with Crippen LogP contribution in [-0.4, -0.2) is 103 Å². The quantitative estimate of drug-likeness (QED) is 0.414. The van der Waals surface area contributed by atoms with Crippen molar-refractivity contribution in [2.75, 3.05) is 39.7 Å². The number of ether oxygens (including phenoxy) is 4. The van der Waals surface area contributed by atoms with Crippen LogP contribution in [0.2, 0.25) is 0 Å². The van der Waals surface area contributed by atoms with Crippen LogP contribution in [0.1, 0.15) is 56.3 Å². The average Bonchev–Trinajstić information content (AvgIpc) is 3.39. The van der Waals surface area contributed by atoms with Gasteiger partial charge in [0.25, 0.3) is 0 Å². The van der Waals surface area contributed by atoms with Gasteiger partial charge in [-0.05, 0) is 44.4 Å². The number of rotatable bonds is 7. The van der Waals surface area contributed by atoms with Gasteiger partial charge >= 0.3 is 5.97 Å². The number of fused-ring (bicyclic) bond motifs is 2. The molecule has 0 radical (unpaired) electrons. The number of likely N-dealkylation sites (N-methyl/N-ethyl adjacent to an activating group) is 1. The predicted molar refractivity (Wildman–Crippen MR) is 152 cm³/mol. The van der Waals surface area contributed by atoms with Crippen molar-refractivity contribution >= 4 is 17.6 Å². The van der Waals surface area contributed by atoms with Gasteiger partial charge in [0.1, 0.15) is 16.8 Å². The topological polar surface area (TPSA) is 127 Å². The summed E-state index contributed by atoms with van der Waals surface area (Å²) in [5.41, 5.74) is -3.57. The SMILES string of the molecule is CCN1C[C@]2(OC(=O)c3ccccc3NC(C)=O)CC[C@H](OC)[C@@]34[C@@H]2C[C@@H]([C@@H]13)[C@@]1(O)C[C@@H](OC)[C@H]2C[C@@H]4[C@]1(O)[C@H]2OC. The normalized spacial score (nSPS) is 48.2. The number of para-hydroxylation sites is 1. The fourth-order valence-electron chi connectivity index (χ4n) is 11.6. The molecule has 3 N–H and O–H groups in total. The Morgan fingerprint density at radius 2 is 1.83 bits per heavy atom. The van der Waals surface area contributed by atoms with E-state index < -0.39 is 34.3 Å². The lowest BCUT2D eigenvalue weighted by Crippen LogP contribution is -2.83. The number of nitrogens with zero attached hydrogens (tertiary/aromatic N) is 1. The van der Waals surface area contributed by atoms with E-state index in [9.17, 15) is 19.8 Å². The number of carbonyl (C=O) groups is 2. The molecule has 12 atom stereocenters. The first-order valence-electron chi connectivity index (χ1n) is 15.4. The number of likely N-dealkylation sites (tertiary alicyclic amines) is 1. The summed E-state index contributed by atoms with van der Waals surface area (Å²) in [5, 5.41) is 28.4. The molecule has 5 aliphatic carbocycles. The predicted octanol–water partition coefficient (Wildman–Crippen LogP) is 2.22. The number of esters is 1. The van der Waals surface area contributed by atoms with E-state index in [-0.39, 0.29) is 47.8 Å². The second-order valence-electron chi connectivity index (χ2n) is 13.7. The van der Waals surface area contributed by atoms with E-state index >= 15 is 0 Å². The molecule has 1 saturated heterocycles. The van der Waals surface area contributed by atoms with E-state index in [2.05, 4.69) is 17.1 Å². The van der Waals surface area contributed by atoms with Gasteiger partial charge < -0.3 is 34.5 Å². The maximum atomic E-state index is 14.0. The van der Waals surface area contributed by atoms with Crippen molar-refractivity contribution in [2.24, 2.45) is 29.1 Å². The van der Waals surface area contributed by atoms with Gasteiger partial charge in [0.15, 0.2) is 0 Å². The maximum Gasteiger partial charge on any atom is 0.340 e. The Bertz CT molecular complexity index is 1290. The molecule has 0 aromatic heterocycles. The van der Waals surface area contributed by atoms with E-state index in [1.165, 1.54) is 6.92 Å². The molecule has 6 aliphatic rings. The molecule has 1 aromatic rings. The van der Waals surface area contributed by atoms with Crippen LogP contribution in [0, 0.1) is 29.1 Å². The van der Waals surface area contributed by atoms with Gasteiger partial charge in [0.05, 0.1) is 29.6 Å². The van der Waals surface area contributed by atoms with Gasteiger partial charge in [-0.15, -0.1) is 0 Å². The Morgan fingerprint density at radius 1 is 1.07 bits per heavy atom. The van der Waals surface area contributed by atoms with E-state index in [0.29, 0.717) is 56.4 Å². The van der Waals surface area contributed by atoms with Crippen molar-refractivity contribution in [2.45, 2.75) is 87.1 Å². The lowest BCUT2D eigenvalue weighted by atomic mass is 9.44. The van der Waals surface area contributed by atoms with Crippen molar-refractivity contribution < 1.29 is 38.7 Å². The molecule has 7 bridgehead atoms. The van der Waals surface area contributed by atoms with Crippen molar-refractivity contribution in [1.82, 2.24) is 4.90 Å². The minimum absolute atomic E-state index is 0.0432. The zero-order valence-electron chi connectivity index (χ0n) is 25.2. The van der Waals surface area contributed by atoms with Gasteiger partial charge in [0, 0.05) is 76.3 Å². The van der Waals surface area contributed by atoms with Gasteiger partial charge in [-0.25, -0.2) is 4.79 Å². The maximum absolute atomic E-state index is 14.0. The lowest BCUT2D eigenvalue weighted by Gasteiger charge is -2.70. The van der Waals surface area contributed by atoms with Crippen LogP contribution in [0.3, 0.4) is 0 Å². The standard InChI is InChI=1S/C32H44N2O8/c1-6-34-16-29(42-28(36)18-9-7-8-10-21(18)33-17(2)35)12-11-25(40-4)31-23(29)14-20(26(31)34)30(37)15-22(39-3)19-13-24(31)32(30,38)27(19)41-5/h7-10,19-20,22-27,37-38H,6,11-16H2,1-5H3,(H,33,35)/t19-,20+,22-,23-,24+,25+,26-,27+,29-,30+,31+,32+/m1/s1. The van der Waals surface area contributed by atoms with Gasteiger partial charge in [-0.3, -0.25) is 9.69 Å². The highest BCUT2D eigenvalue weighted by Crippen LogP contribution is 2.79. The van der Waals surface area contributed by atoms with Gasteiger partial charge in [-0.1, -0.05) is 19.1 Å². The summed E-state index contributed by atoms with van der Waals surface area (Å²) in [6.45, 7) is 4.79. The number of anilines is 1. The largest absolute Gasteiger partial charge is 0.454 e. The molecule has 1 amide bonds. The number of amides is 1. The molecule has 10 nitrogen and oxygen atoms in total. The first kappa shape index (κ1) is 28.7. The highest BCUT2D eigenvalue weighted by atomic mass is 16.6. The molecule has 6 fully saturated rings. The molecule has 230 valence electrons. The van der Waals surface area contributed by atoms with Gasteiger partial charge in [-0.2, -0.15) is 0 Å². The van der Waals surface area contributed by atoms with Crippen LogP contribution in [0.25, 0.3) is 0 Å². The monoisotopic (exact) mass is 584 g/mol. The zero-order chi connectivity index (χ0) is 29.8. The average molecular weight is 585 g/mol. The summed E-state index contributed by atoms with van der Waals surface area (Å²) < 4.78 is 25.1. The molecule has 7 rings (SSSR count). The van der Waals surface area contributed by atoms with E-state index in [1.54, 1.807) is 45.6 Å². The Kier molecular flexibility index (Phi) is 6.46. The first-order valence-corrected chi connectivity index (χ1v) is 15.4. The summed E-state index contributed by atoms with van der Waals surface area (Å²) in [6, 6.07) is 6.89. The van der Waals surface area contributed by atoms with Crippen LogP contribution in [0.5, 0.6) is 0 Å². The highest BCUT2D eigenvalue weighted by Gasteiger charge is 2.89. The highest BCUT2D eigenvalue weighted by molar-refractivity contribution is 6.00. The fourth-order valence-corrected chi connectivity index (χ4v) is 11.6. The Labute approximate surface area is 247 Å². The third-order valence-corrected chi connectivity index (χ3v) is 12.6. The number of nitrogens with one attached hydrogen (secondary N) is 1. The minimum Gasteiger partial charge on any atom is -0.454 e. The lowest BCUT2D eigenvalue weighted by molar-refractivity contribution is -0.337. The molecular formula is C32H44N2O8. The van der Waals surface area contributed by atoms with Crippen molar-refractivity contribution in [3.05, 3.63) is 29.8 Å². The number of piperidine rings is 1. The van der Waals surface area contributed by atoms with Crippen LogP contribution in [0.15, 0.2) is 24.3 Å². The molecule has 1 aromatic carbocycles. The third kappa shape index (κ3) is 3.21. The number of benzene rings is 1. The summed E-state index contributed by atoms with van der Waals surface area (Å²) in [7, 11) is 5.05. The summed E-state index contributed by atoms with van der Waals surface area (Å²) >= 11 is 0. The van der Waals surface area contributed by atoms with E-state index in [4.69, 9.17) is 18.9 Å². The molecule has 0 unspecified atom stereocenters. The van der Waals surface area contributed by atoms with Crippen LogP contribution >= 0.6 is 0 Å². The number of methoxy groups -OCH3 is 3. The minimum atomic E-state index is -1.48. The molecule has 42 heavy (non-hydrogen) atoms. The summed E-state index contributed by atoms with van der Waals surface area (Å²) in [5.74, 6) is -1.54. The molecule has 5 saturated carbocycles. The Balaban J connectivity index is 1.38. The first-order chi connectivity index (χ1) is 20.1. The number of hydrogen-bond donors (Lipinski definition) is 3. The second-order valence-corrected chi connectivity index (χ2v) is 13.7. The van der Waals surface area contributed by atoms with Crippen molar-refractivity contribution in [3.8, 4) is 0 Å². The third-order valence-electron chi connectivity index (χ3n) is 12.6. The zero-order valence-corrected chi connectivity index (χ0v) is 25.2. The van der Waals surface area contributed by atoms with E-state index in [0.717, 1.165) is 0 Å². The number of hydrogen-bond acceptors (Lipinski definition) is 9. The van der Waals surface area contributed by atoms with Crippen LogP contribution < -0.4 is 5.32 Å². The van der Waals surface area contributed by atoms with Crippen molar-refractivity contribution in [1.29, 1.82) is 0 Å². The smallest absolute Gasteiger partial charge is 0.340 e. The van der Waals surface area contributed by atoms with Crippen molar-refractivity contribution in [3.63, 3.8) is 0 Å². The van der Waals surface area contributed by atoms with Gasteiger partial charge in [0.2, 0.25) is 5.91 Å². The van der Waals surface area contributed by atoms with Crippen LogP contribution in [0.4, 0.5) is 5.69 Å². The molecular weight excluding hydrogens is 540 g/mol. The van der Waals surface area contributed by atoms with Crippen LogP contribution in [-0.2, 0) is 23.7 Å². The summed E-state index contributed by atoms with van der Waals surface area (Å²) in [6.07, 6.45) is 1.91. The number of carbonyl (C=O) groups excluding carboxylic acids is 2. The fraction of sp³-hybridized carbons (Fsp3) is 0.750. The molecule has 10 heteroatoms. The Hall–Kier alpha value is -2.08. The molecule has 1 aliphatic heterocycles. The molecule has 1 spiro atoms. The second kappa shape index (κ2) is 9.46. The summed E-state index contributed by atoms with van der Waals surface area (Å²) in [4.78, 5) is 28.3.